The van der Waals surface area contributed by atoms with Gasteiger partial charge in [-0.2, -0.15) is 0 Å². The van der Waals surface area contributed by atoms with Crippen LogP contribution in [0.1, 0.15) is 25.3 Å². The Bertz CT molecular complexity index is 323. The van der Waals surface area contributed by atoms with Crippen LogP contribution >= 0.6 is 15.9 Å². The van der Waals surface area contributed by atoms with Gasteiger partial charge in [-0.25, -0.2) is 0 Å². The third-order valence-electron chi connectivity index (χ3n) is 1.97. The van der Waals surface area contributed by atoms with Crippen LogP contribution in [-0.4, -0.2) is 12.9 Å². The zero-order valence-corrected chi connectivity index (χ0v) is 9.87. The molecule has 0 amide bonds. The van der Waals surface area contributed by atoms with Crippen molar-refractivity contribution in [3.05, 3.63) is 28.2 Å². The van der Waals surface area contributed by atoms with Gasteiger partial charge < -0.3 is 9.53 Å². The molecule has 0 saturated heterocycles. The maximum atomic E-state index is 10.7. The summed E-state index contributed by atoms with van der Waals surface area (Å²) in [6.07, 6.45) is 0.926. The molecule has 0 saturated carbocycles. The molecular weight excluding hydrogens is 244 g/mol. The van der Waals surface area contributed by atoms with Gasteiger partial charge in [-0.1, -0.05) is 22.9 Å². The van der Waals surface area contributed by atoms with Gasteiger partial charge in [-0.3, -0.25) is 0 Å². The lowest BCUT2D eigenvalue weighted by molar-refractivity contribution is -0.108. The molecule has 0 N–H and O–H groups in total. The van der Waals surface area contributed by atoms with Gasteiger partial charge in [0.15, 0.2) is 0 Å². The van der Waals surface area contributed by atoms with Gasteiger partial charge in [0.05, 0.1) is 6.61 Å². The Morgan fingerprint density at radius 1 is 1.57 bits per heavy atom. The van der Waals surface area contributed by atoms with Crippen LogP contribution in [0.3, 0.4) is 0 Å². The highest BCUT2D eigenvalue weighted by molar-refractivity contribution is 9.10. The van der Waals surface area contributed by atoms with Gasteiger partial charge in [-0.15, -0.1) is 0 Å². The minimum Gasteiger partial charge on any atom is -0.494 e. The number of benzene rings is 1. The summed E-state index contributed by atoms with van der Waals surface area (Å²) < 4.78 is 6.30. The molecule has 0 spiro atoms. The maximum Gasteiger partial charge on any atom is 0.127 e. The molecule has 1 aromatic carbocycles. The molecule has 0 bridgehead atoms. The van der Waals surface area contributed by atoms with Crippen molar-refractivity contribution in [2.24, 2.45) is 0 Å². The molecule has 14 heavy (non-hydrogen) atoms. The van der Waals surface area contributed by atoms with Crippen LogP contribution in [0.2, 0.25) is 0 Å². The average molecular weight is 257 g/mol. The molecular formula is C11H13BrO2. The number of hydrogen-bond donors (Lipinski definition) is 0. The summed E-state index contributed by atoms with van der Waals surface area (Å²) in [5, 5.41) is 0. The van der Waals surface area contributed by atoms with Crippen molar-refractivity contribution in [3.8, 4) is 5.75 Å². The molecule has 1 aromatic rings. The first kappa shape index (κ1) is 11.2. The van der Waals surface area contributed by atoms with E-state index in [2.05, 4.69) is 15.9 Å². The minimum absolute atomic E-state index is 0.107. The highest BCUT2D eigenvalue weighted by atomic mass is 79.9. The van der Waals surface area contributed by atoms with E-state index in [0.29, 0.717) is 6.61 Å². The summed E-state index contributed by atoms with van der Waals surface area (Å²) in [5.41, 5.74) is 0.964. The van der Waals surface area contributed by atoms with Crippen molar-refractivity contribution < 1.29 is 9.53 Å². The number of carbonyl (C=O) groups excluding carboxylic acids is 1. The van der Waals surface area contributed by atoms with E-state index >= 15 is 0 Å². The topological polar surface area (TPSA) is 26.3 Å². The first-order chi connectivity index (χ1) is 6.69. The molecule has 0 fully saturated rings. The van der Waals surface area contributed by atoms with E-state index in [1.54, 1.807) is 0 Å². The van der Waals surface area contributed by atoms with E-state index in [4.69, 9.17) is 4.74 Å². The van der Waals surface area contributed by atoms with Crippen LogP contribution in [0.4, 0.5) is 0 Å². The first-order valence-electron chi connectivity index (χ1n) is 4.56. The first-order valence-corrected chi connectivity index (χ1v) is 5.35. The van der Waals surface area contributed by atoms with Crippen LogP contribution in [0.5, 0.6) is 5.75 Å². The predicted molar refractivity (Wildman–Crippen MR) is 59.8 cm³/mol. The fraction of sp³-hybridized carbons (Fsp3) is 0.364. The van der Waals surface area contributed by atoms with Gasteiger partial charge in [0.25, 0.3) is 0 Å². The number of rotatable bonds is 4. The van der Waals surface area contributed by atoms with Gasteiger partial charge >= 0.3 is 0 Å². The number of hydrogen-bond acceptors (Lipinski definition) is 2. The Morgan fingerprint density at radius 3 is 2.86 bits per heavy atom. The van der Waals surface area contributed by atoms with Crippen molar-refractivity contribution in [1.82, 2.24) is 0 Å². The van der Waals surface area contributed by atoms with Crippen molar-refractivity contribution >= 4 is 22.2 Å². The van der Waals surface area contributed by atoms with E-state index in [-0.39, 0.29) is 5.92 Å². The molecule has 0 aliphatic carbocycles. The summed E-state index contributed by atoms with van der Waals surface area (Å²) in [6.45, 7) is 4.43. The smallest absolute Gasteiger partial charge is 0.127 e. The van der Waals surface area contributed by atoms with E-state index in [9.17, 15) is 4.79 Å². The summed E-state index contributed by atoms with van der Waals surface area (Å²) in [5.74, 6) is 0.698. The van der Waals surface area contributed by atoms with Crippen LogP contribution in [0.25, 0.3) is 0 Å². The fourth-order valence-corrected chi connectivity index (χ4v) is 1.81. The number of carbonyl (C=O) groups is 1. The largest absolute Gasteiger partial charge is 0.494 e. The van der Waals surface area contributed by atoms with Gasteiger partial charge in [0.2, 0.25) is 0 Å². The van der Waals surface area contributed by atoms with Crippen LogP contribution in [0, 0.1) is 0 Å². The summed E-state index contributed by atoms with van der Waals surface area (Å²) in [4.78, 5) is 10.7. The highest BCUT2D eigenvalue weighted by Gasteiger charge is 2.09. The lowest BCUT2D eigenvalue weighted by atomic mass is 10.0. The highest BCUT2D eigenvalue weighted by Crippen LogP contribution is 2.27. The molecule has 1 atom stereocenters. The van der Waals surface area contributed by atoms with Crippen molar-refractivity contribution in [2.45, 2.75) is 19.8 Å². The normalized spacial score (nSPS) is 12.2. The van der Waals surface area contributed by atoms with Crippen molar-refractivity contribution in [2.75, 3.05) is 6.61 Å². The summed E-state index contributed by atoms with van der Waals surface area (Å²) >= 11 is 3.41. The molecule has 0 heterocycles. The van der Waals surface area contributed by atoms with Gasteiger partial charge in [-0.05, 0) is 30.7 Å². The molecule has 0 radical (unpaired) electrons. The molecule has 1 rings (SSSR count). The molecule has 3 heteroatoms. The molecule has 0 aliphatic rings. The zero-order chi connectivity index (χ0) is 10.6. The van der Waals surface area contributed by atoms with Crippen LogP contribution in [0.15, 0.2) is 22.7 Å². The van der Waals surface area contributed by atoms with E-state index in [0.717, 1.165) is 22.1 Å². The fourth-order valence-electron chi connectivity index (χ4n) is 1.20. The number of halogens is 1. The zero-order valence-electron chi connectivity index (χ0n) is 8.29. The predicted octanol–water partition coefficient (Wildman–Crippen LogP) is 3.15. The molecule has 76 valence electrons. The SMILES string of the molecule is CCOc1ccc(Br)c(C(C)C=O)c1. The second-order valence-corrected chi connectivity index (χ2v) is 3.90. The van der Waals surface area contributed by atoms with Crippen LogP contribution in [-0.2, 0) is 4.79 Å². The monoisotopic (exact) mass is 256 g/mol. The number of aldehydes is 1. The molecule has 0 aromatic heterocycles. The van der Waals surface area contributed by atoms with E-state index in [1.807, 2.05) is 32.0 Å². The third-order valence-corrected chi connectivity index (χ3v) is 2.70. The van der Waals surface area contributed by atoms with E-state index in [1.165, 1.54) is 0 Å². The summed E-state index contributed by atoms with van der Waals surface area (Å²) in [6, 6.07) is 5.68. The van der Waals surface area contributed by atoms with E-state index < -0.39 is 0 Å². The molecule has 0 aliphatic heterocycles. The van der Waals surface area contributed by atoms with Crippen molar-refractivity contribution in [3.63, 3.8) is 0 Å². The third kappa shape index (κ3) is 2.58. The lowest BCUT2D eigenvalue weighted by Crippen LogP contribution is -1.98. The molecule has 2 nitrogen and oxygen atoms in total. The second-order valence-electron chi connectivity index (χ2n) is 3.04. The Hall–Kier alpha value is -0.830. The quantitative estimate of drug-likeness (QED) is 0.774. The Balaban J connectivity index is 3.01. The maximum absolute atomic E-state index is 10.7. The van der Waals surface area contributed by atoms with Gasteiger partial charge in [0.1, 0.15) is 12.0 Å². The Labute approximate surface area is 92.4 Å². The van der Waals surface area contributed by atoms with Gasteiger partial charge in [0, 0.05) is 10.4 Å². The van der Waals surface area contributed by atoms with Crippen LogP contribution < -0.4 is 4.74 Å². The molecule has 1 unspecified atom stereocenters. The minimum atomic E-state index is -0.107. The summed E-state index contributed by atoms with van der Waals surface area (Å²) in [7, 11) is 0. The van der Waals surface area contributed by atoms with Crippen molar-refractivity contribution in [1.29, 1.82) is 0 Å². The second kappa shape index (κ2) is 5.15. The number of ether oxygens (including phenoxy) is 1. The Kier molecular flexibility index (Phi) is 4.14. The average Bonchev–Trinajstić information content (AvgIpc) is 2.20. The standard InChI is InChI=1S/C11H13BrO2/c1-3-14-9-4-5-11(12)10(6-9)8(2)7-13/h4-8H,3H2,1-2H3. The lowest BCUT2D eigenvalue weighted by Gasteiger charge is -2.10. The Morgan fingerprint density at radius 2 is 2.29 bits per heavy atom.